The van der Waals surface area contributed by atoms with Gasteiger partial charge in [0.05, 0.1) is 9.50 Å². The van der Waals surface area contributed by atoms with Crippen LogP contribution in [0.3, 0.4) is 0 Å². The summed E-state index contributed by atoms with van der Waals surface area (Å²) in [7, 11) is 0. The van der Waals surface area contributed by atoms with Gasteiger partial charge in [-0.3, -0.25) is 0 Å². The molecule has 0 spiro atoms. The number of pyridine rings is 1. The molecule has 1 heterocycles. The summed E-state index contributed by atoms with van der Waals surface area (Å²) in [4.78, 5) is 4.16. The quantitative estimate of drug-likeness (QED) is 0.844. The van der Waals surface area contributed by atoms with Gasteiger partial charge < -0.3 is 5.32 Å². The molecule has 0 aliphatic rings. The Balaban J connectivity index is 2.55. The Bertz CT molecular complexity index is 339. The summed E-state index contributed by atoms with van der Waals surface area (Å²) in [5, 5.41) is 3.82. The summed E-state index contributed by atoms with van der Waals surface area (Å²) in [6.07, 6.45) is 2.56. The Morgan fingerprint density at radius 2 is 2.43 bits per heavy atom. The zero-order valence-corrected chi connectivity index (χ0v) is 10.3. The van der Waals surface area contributed by atoms with Crippen LogP contribution in [0.15, 0.2) is 28.9 Å². The normalized spacial score (nSPS) is 9.93. The highest BCUT2D eigenvalue weighted by molar-refractivity contribution is 9.10. The molecule has 4 heteroatoms. The third-order valence-electron chi connectivity index (χ3n) is 1.65. The van der Waals surface area contributed by atoms with Crippen molar-refractivity contribution in [1.29, 1.82) is 0 Å². The van der Waals surface area contributed by atoms with Crippen LogP contribution in [0.2, 0.25) is 5.02 Å². The van der Waals surface area contributed by atoms with Crippen molar-refractivity contribution in [1.82, 2.24) is 4.98 Å². The summed E-state index contributed by atoms with van der Waals surface area (Å²) >= 11 is 9.15. The molecular formula is C10H12BrClN2. The predicted molar refractivity (Wildman–Crippen MR) is 64.9 cm³/mol. The Hall–Kier alpha value is -0.540. The zero-order chi connectivity index (χ0) is 10.6. The minimum atomic E-state index is 0.627. The van der Waals surface area contributed by atoms with Crippen LogP contribution < -0.4 is 5.32 Å². The Labute approximate surface area is 97.5 Å². The van der Waals surface area contributed by atoms with E-state index in [-0.39, 0.29) is 0 Å². The maximum atomic E-state index is 5.77. The van der Waals surface area contributed by atoms with Crippen LogP contribution in [-0.4, -0.2) is 11.5 Å². The van der Waals surface area contributed by atoms with Gasteiger partial charge in [-0.1, -0.05) is 17.2 Å². The van der Waals surface area contributed by atoms with Gasteiger partial charge in [-0.2, -0.15) is 0 Å². The molecule has 1 N–H and O–H groups in total. The molecule has 0 fully saturated rings. The lowest BCUT2D eigenvalue weighted by Gasteiger charge is -2.07. The molecule has 0 saturated heterocycles. The van der Waals surface area contributed by atoms with Crippen LogP contribution in [-0.2, 0) is 0 Å². The number of nitrogens with zero attached hydrogens (tertiary/aromatic N) is 1. The van der Waals surface area contributed by atoms with Crippen molar-refractivity contribution in [3.05, 3.63) is 33.9 Å². The highest BCUT2D eigenvalue weighted by atomic mass is 79.9. The van der Waals surface area contributed by atoms with E-state index < -0.39 is 0 Å². The number of hydrogen-bond acceptors (Lipinski definition) is 2. The average Bonchev–Trinajstić information content (AvgIpc) is 2.08. The fourth-order valence-electron chi connectivity index (χ4n) is 0.939. The fraction of sp³-hybridized carbons (Fsp3) is 0.300. The second-order valence-electron chi connectivity index (χ2n) is 3.12. The van der Waals surface area contributed by atoms with Crippen molar-refractivity contribution >= 4 is 33.3 Å². The molecule has 1 rings (SSSR count). The SMILES string of the molecule is C=C(C)CCNc1ncc(Cl)cc1Br. The first-order chi connectivity index (χ1) is 6.59. The monoisotopic (exact) mass is 274 g/mol. The fourth-order valence-corrected chi connectivity index (χ4v) is 1.72. The van der Waals surface area contributed by atoms with Crippen LogP contribution in [0.25, 0.3) is 0 Å². The van der Waals surface area contributed by atoms with Crippen molar-refractivity contribution in [3.8, 4) is 0 Å². The van der Waals surface area contributed by atoms with Crippen molar-refractivity contribution in [3.63, 3.8) is 0 Å². The van der Waals surface area contributed by atoms with Crippen molar-refractivity contribution < 1.29 is 0 Å². The van der Waals surface area contributed by atoms with E-state index in [1.807, 2.05) is 13.0 Å². The lowest BCUT2D eigenvalue weighted by atomic mass is 10.2. The molecular weight excluding hydrogens is 263 g/mol. The average molecular weight is 276 g/mol. The molecule has 0 amide bonds. The molecule has 0 radical (unpaired) electrons. The van der Waals surface area contributed by atoms with E-state index in [0.29, 0.717) is 5.02 Å². The summed E-state index contributed by atoms with van der Waals surface area (Å²) in [5.74, 6) is 0.815. The minimum Gasteiger partial charge on any atom is -0.369 e. The molecule has 1 aromatic heterocycles. The zero-order valence-electron chi connectivity index (χ0n) is 7.98. The van der Waals surface area contributed by atoms with Crippen LogP contribution in [0, 0.1) is 0 Å². The van der Waals surface area contributed by atoms with Gasteiger partial charge in [-0.05, 0) is 35.3 Å². The second-order valence-corrected chi connectivity index (χ2v) is 4.41. The van der Waals surface area contributed by atoms with E-state index in [4.69, 9.17) is 11.6 Å². The molecule has 0 bridgehead atoms. The van der Waals surface area contributed by atoms with E-state index in [1.165, 1.54) is 0 Å². The van der Waals surface area contributed by atoms with Gasteiger partial charge in [0.1, 0.15) is 5.82 Å². The molecule has 2 nitrogen and oxygen atoms in total. The number of nitrogens with one attached hydrogen (secondary N) is 1. The standard InChI is InChI=1S/C10H12BrClN2/c1-7(2)3-4-13-10-9(11)5-8(12)6-14-10/h5-6H,1,3-4H2,2H3,(H,13,14). The van der Waals surface area contributed by atoms with Crippen molar-refractivity contribution in [2.24, 2.45) is 0 Å². The first-order valence-electron chi connectivity index (χ1n) is 4.29. The smallest absolute Gasteiger partial charge is 0.140 e. The number of hydrogen-bond donors (Lipinski definition) is 1. The first kappa shape index (κ1) is 11.5. The third-order valence-corrected chi connectivity index (χ3v) is 2.46. The molecule has 0 atom stereocenters. The molecule has 0 aromatic carbocycles. The lowest BCUT2D eigenvalue weighted by Crippen LogP contribution is -2.03. The highest BCUT2D eigenvalue weighted by Gasteiger charge is 2.00. The van der Waals surface area contributed by atoms with Gasteiger partial charge in [0.15, 0.2) is 0 Å². The largest absolute Gasteiger partial charge is 0.369 e. The molecule has 76 valence electrons. The number of anilines is 1. The number of rotatable bonds is 4. The van der Waals surface area contributed by atoms with Crippen LogP contribution in [0.4, 0.5) is 5.82 Å². The predicted octanol–water partition coefficient (Wildman–Crippen LogP) is 3.88. The number of aromatic nitrogens is 1. The van der Waals surface area contributed by atoms with Crippen molar-refractivity contribution in [2.45, 2.75) is 13.3 Å². The minimum absolute atomic E-state index is 0.627. The van der Waals surface area contributed by atoms with Crippen LogP contribution in [0.1, 0.15) is 13.3 Å². The highest BCUT2D eigenvalue weighted by Crippen LogP contribution is 2.22. The van der Waals surface area contributed by atoms with E-state index in [0.717, 1.165) is 28.8 Å². The van der Waals surface area contributed by atoms with E-state index >= 15 is 0 Å². The van der Waals surface area contributed by atoms with Gasteiger partial charge in [-0.25, -0.2) is 4.98 Å². The van der Waals surface area contributed by atoms with Gasteiger partial charge in [-0.15, -0.1) is 6.58 Å². The maximum absolute atomic E-state index is 5.77. The molecule has 0 aliphatic heterocycles. The van der Waals surface area contributed by atoms with Gasteiger partial charge in [0.25, 0.3) is 0 Å². The van der Waals surface area contributed by atoms with Gasteiger partial charge >= 0.3 is 0 Å². The van der Waals surface area contributed by atoms with Crippen LogP contribution in [0.5, 0.6) is 0 Å². The maximum Gasteiger partial charge on any atom is 0.140 e. The third kappa shape index (κ3) is 3.68. The molecule has 14 heavy (non-hydrogen) atoms. The lowest BCUT2D eigenvalue weighted by molar-refractivity contribution is 0.989. The Morgan fingerprint density at radius 1 is 1.71 bits per heavy atom. The number of halogens is 2. The summed E-state index contributed by atoms with van der Waals surface area (Å²) in [5.41, 5.74) is 1.16. The second kappa shape index (κ2) is 5.37. The molecule has 1 aromatic rings. The molecule has 0 saturated carbocycles. The molecule has 0 aliphatic carbocycles. The summed E-state index contributed by atoms with van der Waals surface area (Å²) < 4.78 is 0.881. The topological polar surface area (TPSA) is 24.9 Å². The van der Waals surface area contributed by atoms with E-state index in [9.17, 15) is 0 Å². The first-order valence-corrected chi connectivity index (χ1v) is 5.46. The van der Waals surface area contributed by atoms with E-state index in [1.54, 1.807) is 6.20 Å². The molecule has 0 unspecified atom stereocenters. The Kier molecular flexibility index (Phi) is 4.42. The van der Waals surface area contributed by atoms with Crippen LogP contribution >= 0.6 is 27.5 Å². The van der Waals surface area contributed by atoms with E-state index in [2.05, 4.69) is 32.8 Å². The van der Waals surface area contributed by atoms with Gasteiger partial charge in [0.2, 0.25) is 0 Å². The summed E-state index contributed by atoms with van der Waals surface area (Å²) in [6, 6.07) is 1.82. The Morgan fingerprint density at radius 3 is 3.00 bits per heavy atom. The van der Waals surface area contributed by atoms with Crippen molar-refractivity contribution in [2.75, 3.05) is 11.9 Å². The summed E-state index contributed by atoms with van der Waals surface area (Å²) in [6.45, 7) is 6.67. The van der Waals surface area contributed by atoms with Gasteiger partial charge in [0, 0.05) is 12.7 Å².